The van der Waals surface area contributed by atoms with Gasteiger partial charge in [0.1, 0.15) is 10.7 Å². The van der Waals surface area contributed by atoms with Crippen LogP contribution in [0.15, 0.2) is 18.2 Å². The number of piperidine rings is 1. The smallest absolute Gasteiger partial charge is 0.211 e. The molecule has 2 heterocycles. The van der Waals surface area contributed by atoms with Gasteiger partial charge in [0, 0.05) is 24.7 Å². The minimum Gasteiger partial charge on any atom is -0.494 e. The molecule has 1 aliphatic rings. The maximum Gasteiger partial charge on any atom is 0.211 e. The van der Waals surface area contributed by atoms with Crippen LogP contribution in [0.25, 0.3) is 0 Å². The summed E-state index contributed by atoms with van der Waals surface area (Å²) in [6, 6.07) is 3.99. The number of nitrogen functional groups attached to an aromatic ring is 1. The maximum atomic E-state index is 13.9. The Bertz CT molecular complexity index is 985. The molecule has 0 aliphatic carbocycles. The van der Waals surface area contributed by atoms with Crippen molar-refractivity contribution in [2.45, 2.75) is 18.9 Å². The van der Waals surface area contributed by atoms with E-state index in [4.69, 9.17) is 10.5 Å². The summed E-state index contributed by atoms with van der Waals surface area (Å²) < 4.78 is 43.3. The summed E-state index contributed by atoms with van der Waals surface area (Å²) >= 11 is 1.10. The zero-order valence-corrected chi connectivity index (χ0v) is 17.1. The molecule has 0 spiro atoms. The molecule has 1 aromatic heterocycles. The molecule has 0 saturated carbocycles. The van der Waals surface area contributed by atoms with Crippen molar-refractivity contribution in [1.29, 1.82) is 0 Å². The van der Waals surface area contributed by atoms with Crippen molar-refractivity contribution >= 4 is 38.1 Å². The first-order chi connectivity index (χ1) is 13.2. The third-order valence-corrected chi connectivity index (χ3v) is 6.83. The summed E-state index contributed by atoms with van der Waals surface area (Å²) in [6.07, 6.45) is 2.45. The molecule has 0 unspecified atom stereocenters. The molecule has 2 aromatic rings. The van der Waals surface area contributed by atoms with Crippen LogP contribution < -0.4 is 15.8 Å². The lowest BCUT2D eigenvalue weighted by Crippen LogP contribution is -2.41. The van der Waals surface area contributed by atoms with Crippen molar-refractivity contribution in [3.63, 3.8) is 0 Å². The van der Waals surface area contributed by atoms with Crippen LogP contribution in [0.1, 0.15) is 28.1 Å². The normalized spacial score (nSPS) is 16.1. The predicted molar refractivity (Wildman–Crippen MR) is 106 cm³/mol. The first-order valence-electron chi connectivity index (χ1n) is 8.55. The van der Waals surface area contributed by atoms with Gasteiger partial charge in [0.2, 0.25) is 15.8 Å². The topological polar surface area (TPSA) is 115 Å². The number of aromatic nitrogens is 1. The lowest BCUT2D eigenvalue weighted by Gasteiger charge is -2.30. The van der Waals surface area contributed by atoms with Crippen LogP contribution in [0, 0.1) is 5.82 Å². The second-order valence-electron chi connectivity index (χ2n) is 6.49. The zero-order chi connectivity index (χ0) is 20.5. The van der Waals surface area contributed by atoms with Gasteiger partial charge < -0.3 is 15.8 Å². The number of ketones is 1. The largest absolute Gasteiger partial charge is 0.494 e. The first kappa shape index (κ1) is 20.5. The van der Waals surface area contributed by atoms with Gasteiger partial charge >= 0.3 is 0 Å². The number of nitrogens with one attached hydrogen (secondary N) is 1. The van der Waals surface area contributed by atoms with Gasteiger partial charge in [0.05, 0.1) is 13.4 Å². The number of hydrogen-bond acceptors (Lipinski definition) is 8. The summed E-state index contributed by atoms with van der Waals surface area (Å²) in [4.78, 5) is 17.1. The van der Waals surface area contributed by atoms with Gasteiger partial charge in [-0.2, -0.15) is 0 Å². The Morgan fingerprint density at radius 2 is 2.07 bits per heavy atom. The van der Waals surface area contributed by atoms with E-state index in [0.29, 0.717) is 31.1 Å². The predicted octanol–water partition coefficient (Wildman–Crippen LogP) is 1.94. The molecule has 3 rings (SSSR count). The van der Waals surface area contributed by atoms with Gasteiger partial charge in [-0.15, -0.1) is 0 Å². The van der Waals surface area contributed by atoms with Gasteiger partial charge in [0.25, 0.3) is 0 Å². The van der Waals surface area contributed by atoms with Crippen LogP contribution in [0.5, 0.6) is 5.75 Å². The molecule has 1 saturated heterocycles. The minimum absolute atomic E-state index is 0.0323. The summed E-state index contributed by atoms with van der Waals surface area (Å²) in [7, 11) is -1.84. The second-order valence-corrected chi connectivity index (χ2v) is 9.47. The fraction of sp³-hybridized carbons (Fsp3) is 0.412. The SMILES string of the molecule is COc1ccc(C(=O)c2sc(NC3CCN(S(C)(=O)=O)CC3)nc2N)cc1F. The molecule has 3 N–H and O–H groups in total. The van der Waals surface area contributed by atoms with E-state index < -0.39 is 21.6 Å². The lowest BCUT2D eigenvalue weighted by molar-refractivity contribution is 0.104. The van der Waals surface area contributed by atoms with Gasteiger partial charge in [0.15, 0.2) is 16.7 Å². The molecule has 152 valence electrons. The van der Waals surface area contributed by atoms with Crippen LogP contribution in [0.2, 0.25) is 0 Å². The van der Waals surface area contributed by atoms with Crippen LogP contribution in [0.4, 0.5) is 15.3 Å². The van der Waals surface area contributed by atoms with E-state index in [0.717, 1.165) is 17.4 Å². The fourth-order valence-electron chi connectivity index (χ4n) is 3.00. The van der Waals surface area contributed by atoms with Crippen molar-refractivity contribution in [3.8, 4) is 5.75 Å². The number of benzene rings is 1. The first-order valence-corrected chi connectivity index (χ1v) is 11.2. The van der Waals surface area contributed by atoms with Gasteiger partial charge in [-0.25, -0.2) is 22.1 Å². The summed E-state index contributed by atoms with van der Waals surface area (Å²) in [5.41, 5.74) is 6.04. The molecule has 1 aromatic carbocycles. The van der Waals surface area contributed by atoms with Crippen molar-refractivity contribution in [2.75, 3.05) is 37.5 Å². The van der Waals surface area contributed by atoms with Crippen molar-refractivity contribution < 1.29 is 22.3 Å². The third kappa shape index (κ3) is 4.42. The maximum absolute atomic E-state index is 13.9. The summed E-state index contributed by atoms with van der Waals surface area (Å²) in [6.45, 7) is 0.850. The molecule has 11 heteroatoms. The summed E-state index contributed by atoms with van der Waals surface area (Å²) in [5.74, 6) is -0.928. The molecule has 0 atom stereocenters. The number of hydrogen-bond donors (Lipinski definition) is 2. The van der Waals surface area contributed by atoms with Gasteiger partial charge in [-0.1, -0.05) is 11.3 Å². The Balaban J connectivity index is 1.70. The molecule has 1 fully saturated rings. The highest BCUT2D eigenvalue weighted by molar-refractivity contribution is 7.88. The Kier molecular flexibility index (Phi) is 5.87. The van der Waals surface area contributed by atoms with E-state index in [9.17, 15) is 17.6 Å². The molecular formula is C17H21FN4O4S2. The van der Waals surface area contributed by atoms with Gasteiger partial charge in [-0.05, 0) is 31.0 Å². The third-order valence-electron chi connectivity index (χ3n) is 4.52. The highest BCUT2D eigenvalue weighted by Crippen LogP contribution is 2.30. The average Bonchev–Trinajstić information content (AvgIpc) is 3.00. The Labute approximate surface area is 166 Å². The molecule has 1 aliphatic heterocycles. The molecule has 28 heavy (non-hydrogen) atoms. The van der Waals surface area contributed by atoms with Gasteiger partial charge in [-0.3, -0.25) is 4.79 Å². The number of nitrogens with two attached hydrogens (primary N) is 1. The number of carbonyl (C=O) groups is 1. The Morgan fingerprint density at radius 1 is 1.39 bits per heavy atom. The molecule has 0 amide bonds. The van der Waals surface area contributed by atoms with E-state index in [1.807, 2.05) is 0 Å². The number of thiazole rings is 1. The standard InChI is InChI=1S/C17H21FN4O4S2/c1-26-13-4-3-10(9-12(13)18)14(23)15-16(19)21-17(27-15)20-11-5-7-22(8-6-11)28(2,24)25/h3-4,9,11H,5-8,19H2,1-2H3,(H,20,21). The van der Waals surface area contributed by atoms with E-state index in [1.54, 1.807) is 0 Å². The molecule has 8 nitrogen and oxygen atoms in total. The Morgan fingerprint density at radius 3 is 2.64 bits per heavy atom. The number of carbonyl (C=O) groups excluding carboxylic acids is 1. The van der Waals surface area contributed by atoms with Crippen LogP contribution in [-0.2, 0) is 10.0 Å². The Hall–Kier alpha value is -2.24. The minimum atomic E-state index is -3.19. The number of sulfonamides is 1. The van der Waals surface area contributed by atoms with E-state index >= 15 is 0 Å². The zero-order valence-electron chi connectivity index (χ0n) is 15.4. The average molecular weight is 429 g/mol. The lowest BCUT2D eigenvalue weighted by atomic mass is 10.1. The van der Waals surface area contributed by atoms with E-state index in [2.05, 4.69) is 10.3 Å². The fourth-order valence-corrected chi connectivity index (χ4v) is 4.80. The molecule has 0 bridgehead atoms. The van der Waals surface area contributed by atoms with Crippen molar-refractivity contribution in [1.82, 2.24) is 9.29 Å². The van der Waals surface area contributed by atoms with Crippen molar-refractivity contribution in [3.05, 3.63) is 34.5 Å². The van der Waals surface area contributed by atoms with Crippen LogP contribution in [0.3, 0.4) is 0 Å². The number of rotatable bonds is 6. The number of halogens is 1. The number of anilines is 2. The summed E-state index contributed by atoms with van der Waals surface area (Å²) in [5, 5.41) is 3.69. The number of methoxy groups -OCH3 is 1. The van der Waals surface area contributed by atoms with Crippen LogP contribution >= 0.6 is 11.3 Å². The van der Waals surface area contributed by atoms with Crippen LogP contribution in [-0.4, -0.2) is 56.0 Å². The monoisotopic (exact) mass is 428 g/mol. The molecule has 0 radical (unpaired) electrons. The second kappa shape index (κ2) is 8.02. The number of nitrogens with zero attached hydrogens (tertiary/aromatic N) is 2. The quantitative estimate of drug-likeness (QED) is 0.676. The van der Waals surface area contributed by atoms with E-state index in [-0.39, 0.29) is 28.0 Å². The highest BCUT2D eigenvalue weighted by Gasteiger charge is 2.26. The van der Waals surface area contributed by atoms with E-state index in [1.165, 1.54) is 29.8 Å². The van der Waals surface area contributed by atoms with Crippen molar-refractivity contribution in [2.24, 2.45) is 0 Å². The number of ether oxygens (including phenoxy) is 1. The molecular weight excluding hydrogens is 407 g/mol. The highest BCUT2D eigenvalue weighted by atomic mass is 32.2.